The van der Waals surface area contributed by atoms with Crippen molar-refractivity contribution in [1.29, 1.82) is 0 Å². The lowest BCUT2D eigenvalue weighted by Crippen LogP contribution is -2.30. The molecule has 1 aliphatic heterocycles. The number of hydrogen-bond acceptors (Lipinski definition) is 6. The number of non-ortho nitro benzene ring substituents is 1. The topological polar surface area (TPSA) is 93.9 Å². The number of benzene rings is 3. The van der Waals surface area contributed by atoms with Gasteiger partial charge in [-0.2, -0.15) is 0 Å². The first kappa shape index (κ1) is 22.0. The molecule has 3 aromatic rings. The number of carbonyl (C=O) groups is 1. The number of ether oxygens (including phenoxy) is 2. The minimum Gasteiger partial charge on any atom is -0.493 e. The van der Waals surface area contributed by atoms with Crippen molar-refractivity contribution in [1.82, 2.24) is 5.32 Å². The number of hydrogen-bond donors (Lipinski definition) is 1. The first-order valence-electron chi connectivity index (χ1n) is 9.92. The maximum Gasteiger partial charge on any atom is 0.281 e. The minimum absolute atomic E-state index is 0.0223. The number of nitro groups is 1. The summed E-state index contributed by atoms with van der Waals surface area (Å²) >= 11 is 5.34. The Kier molecular flexibility index (Phi) is 6.32. The van der Waals surface area contributed by atoms with E-state index in [0.717, 1.165) is 11.1 Å². The van der Waals surface area contributed by atoms with Gasteiger partial charge in [-0.3, -0.25) is 19.8 Å². The van der Waals surface area contributed by atoms with Crippen LogP contribution in [0, 0.1) is 10.1 Å². The quantitative estimate of drug-likeness (QED) is 0.241. The van der Waals surface area contributed by atoms with Gasteiger partial charge in [0.05, 0.1) is 17.7 Å². The molecule has 3 aromatic carbocycles. The van der Waals surface area contributed by atoms with Gasteiger partial charge in [-0.25, -0.2) is 0 Å². The number of para-hydroxylation sites is 1. The van der Waals surface area contributed by atoms with Crippen LogP contribution < -0.4 is 19.7 Å². The van der Waals surface area contributed by atoms with E-state index in [-0.39, 0.29) is 18.2 Å². The molecule has 0 saturated carbocycles. The monoisotopic (exact) mass is 461 g/mol. The predicted molar refractivity (Wildman–Crippen MR) is 128 cm³/mol. The lowest BCUT2D eigenvalue weighted by molar-refractivity contribution is -0.384. The third-order valence-corrected chi connectivity index (χ3v) is 5.22. The van der Waals surface area contributed by atoms with Gasteiger partial charge in [-0.05, 0) is 65.8 Å². The molecule has 1 saturated heterocycles. The minimum atomic E-state index is -0.448. The molecule has 1 heterocycles. The molecule has 0 unspecified atom stereocenters. The summed E-state index contributed by atoms with van der Waals surface area (Å²) < 4.78 is 11.3. The fourth-order valence-corrected chi connectivity index (χ4v) is 3.58. The molecule has 9 heteroatoms. The molecular weight excluding hydrogens is 442 g/mol. The van der Waals surface area contributed by atoms with Crippen LogP contribution in [-0.4, -0.2) is 23.1 Å². The number of nitrogens with zero attached hydrogens (tertiary/aromatic N) is 2. The molecule has 8 nitrogen and oxygen atoms in total. The Morgan fingerprint density at radius 3 is 2.45 bits per heavy atom. The van der Waals surface area contributed by atoms with Crippen molar-refractivity contribution in [2.24, 2.45) is 0 Å². The van der Waals surface area contributed by atoms with Gasteiger partial charge in [-0.1, -0.05) is 24.3 Å². The lowest BCUT2D eigenvalue weighted by atomic mass is 10.1. The number of thiocarbonyl (C=S) groups is 1. The molecular formula is C24H19N3O5S. The van der Waals surface area contributed by atoms with E-state index in [1.54, 1.807) is 36.4 Å². The van der Waals surface area contributed by atoms with E-state index < -0.39 is 4.92 Å². The fourth-order valence-electron chi connectivity index (χ4n) is 3.28. The molecule has 1 N–H and O–H groups in total. The summed E-state index contributed by atoms with van der Waals surface area (Å²) in [5.74, 6) is 0.744. The zero-order chi connectivity index (χ0) is 23.4. The largest absolute Gasteiger partial charge is 0.493 e. The summed E-state index contributed by atoms with van der Waals surface area (Å²) in [4.78, 5) is 24.7. The van der Waals surface area contributed by atoms with Crippen molar-refractivity contribution in [3.8, 4) is 11.5 Å². The van der Waals surface area contributed by atoms with Gasteiger partial charge in [0.15, 0.2) is 16.6 Å². The lowest BCUT2D eigenvalue weighted by Gasteiger charge is -2.13. The van der Waals surface area contributed by atoms with Crippen molar-refractivity contribution >= 4 is 40.7 Å². The average molecular weight is 461 g/mol. The second kappa shape index (κ2) is 9.49. The molecule has 0 aliphatic carbocycles. The zero-order valence-corrected chi connectivity index (χ0v) is 18.4. The van der Waals surface area contributed by atoms with Crippen molar-refractivity contribution < 1.29 is 19.2 Å². The standard InChI is InChI=1S/C24H19N3O5S/c1-31-22-14-17(9-12-21(22)32-15-16-7-10-19(11-8-16)27(29)30)13-20-23(28)26(24(33)25-20)18-5-3-2-4-6-18/h2-14H,15H2,1H3,(H,25,33)/b20-13+. The second-order valence-corrected chi connectivity index (χ2v) is 7.47. The van der Waals surface area contributed by atoms with Crippen molar-refractivity contribution in [3.63, 3.8) is 0 Å². The van der Waals surface area contributed by atoms with Crippen LogP contribution in [0.25, 0.3) is 6.08 Å². The van der Waals surface area contributed by atoms with Crippen molar-refractivity contribution in [3.05, 3.63) is 99.7 Å². The predicted octanol–water partition coefficient (Wildman–Crippen LogP) is 4.44. The summed E-state index contributed by atoms with van der Waals surface area (Å²) in [6.45, 7) is 0.217. The van der Waals surface area contributed by atoms with Gasteiger partial charge < -0.3 is 14.8 Å². The van der Waals surface area contributed by atoms with E-state index in [9.17, 15) is 14.9 Å². The number of rotatable bonds is 7. The number of methoxy groups -OCH3 is 1. The van der Waals surface area contributed by atoms with Gasteiger partial charge >= 0.3 is 0 Å². The van der Waals surface area contributed by atoms with Gasteiger partial charge in [0.2, 0.25) is 0 Å². The van der Waals surface area contributed by atoms with E-state index in [0.29, 0.717) is 28.0 Å². The molecule has 1 fully saturated rings. The van der Waals surface area contributed by atoms with Crippen molar-refractivity contribution in [2.45, 2.75) is 6.61 Å². The molecule has 0 spiro atoms. The van der Waals surface area contributed by atoms with Crippen LogP contribution in [0.4, 0.5) is 11.4 Å². The molecule has 1 amide bonds. The summed E-state index contributed by atoms with van der Waals surface area (Å²) in [5.41, 5.74) is 2.57. The van der Waals surface area contributed by atoms with Crippen LogP contribution >= 0.6 is 12.2 Å². The SMILES string of the molecule is COc1cc(/C=C2/NC(=S)N(c3ccccc3)C2=O)ccc1OCc1ccc([N+](=O)[O-])cc1. The van der Waals surface area contributed by atoms with Gasteiger partial charge in [0, 0.05) is 12.1 Å². The highest BCUT2D eigenvalue weighted by atomic mass is 32.1. The molecule has 0 aromatic heterocycles. The van der Waals surface area contributed by atoms with E-state index in [1.807, 2.05) is 30.3 Å². The number of anilines is 1. The Bertz CT molecular complexity index is 1240. The van der Waals surface area contributed by atoms with Gasteiger partial charge in [0.1, 0.15) is 12.3 Å². The van der Waals surface area contributed by atoms with E-state index in [1.165, 1.54) is 24.1 Å². The van der Waals surface area contributed by atoms with Crippen LogP contribution in [0.2, 0.25) is 0 Å². The molecule has 33 heavy (non-hydrogen) atoms. The Hall–Kier alpha value is -4.24. The van der Waals surface area contributed by atoms with Crippen LogP contribution in [-0.2, 0) is 11.4 Å². The first-order valence-corrected chi connectivity index (χ1v) is 10.3. The maximum absolute atomic E-state index is 12.9. The van der Waals surface area contributed by atoms with Crippen LogP contribution in [0.3, 0.4) is 0 Å². The van der Waals surface area contributed by atoms with Crippen LogP contribution in [0.5, 0.6) is 11.5 Å². The molecule has 166 valence electrons. The maximum atomic E-state index is 12.9. The molecule has 0 atom stereocenters. The second-order valence-electron chi connectivity index (χ2n) is 7.09. The normalized spacial score (nSPS) is 14.3. The highest BCUT2D eigenvalue weighted by molar-refractivity contribution is 7.80. The highest BCUT2D eigenvalue weighted by Crippen LogP contribution is 2.30. The summed E-state index contributed by atoms with van der Waals surface area (Å²) in [7, 11) is 1.52. The molecule has 0 bridgehead atoms. The van der Waals surface area contributed by atoms with Gasteiger partial charge in [0.25, 0.3) is 11.6 Å². The Morgan fingerprint density at radius 1 is 1.06 bits per heavy atom. The number of nitro benzene ring substituents is 1. The van der Waals surface area contributed by atoms with Crippen molar-refractivity contribution in [2.75, 3.05) is 12.0 Å². The van der Waals surface area contributed by atoms with E-state index in [2.05, 4.69) is 5.32 Å². The molecule has 4 rings (SSSR count). The summed E-state index contributed by atoms with van der Waals surface area (Å²) in [6, 6.07) is 20.6. The van der Waals surface area contributed by atoms with Gasteiger partial charge in [-0.15, -0.1) is 0 Å². The van der Waals surface area contributed by atoms with Crippen LogP contribution in [0.15, 0.2) is 78.5 Å². The zero-order valence-electron chi connectivity index (χ0n) is 17.6. The third-order valence-electron chi connectivity index (χ3n) is 4.93. The Balaban J connectivity index is 1.49. The fraction of sp³-hybridized carbons (Fsp3) is 0.0833. The average Bonchev–Trinajstić information content (AvgIpc) is 3.11. The van der Waals surface area contributed by atoms with E-state index >= 15 is 0 Å². The Morgan fingerprint density at radius 2 is 1.79 bits per heavy atom. The number of carbonyl (C=O) groups excluding carboxylic acids is 1. The van der Waals surface area contributed by atoms with Crippen LogP contribution in [0.1, 0.15) is 11.1 Å². The Labute approximate surface area is 195 Å². The summed E-state index contributed by atoms with van der Waals surface area (Å²) in [6.07, 6.45) is 1.69. The number of nitrogens with one attached hydrogen (secondary N) is 1. The molecule has 1 aliphatic rings. The number of amides is 1. The smallest absolute Gasteiger partial charge is 0.281 e. The van der Waals surface area contributed by atoms with E-state index in [4.69, 9.17) is 21.7 Å². The third kappa shape index (κ3) is 4.83. The highest BCUT2D eigenvalue weighted by Gasteiger charge is 2.31. The molecule has 0 radical (unpaired) electrons. The first-order chi connectivity index (χ1) is 16.0. The summed E-state index contributed by atoms with van der Waals surface area (Å²) in [5, 5.41) is 14.1.